The summed E-state index contributed by atoms with van der Waals surface area (Å²) >= 11 is 1.65. The maximum Gasteiger partial charge on any atom is 0.336 e. The van der Waals surface area contributed by atoms with Crippen LogP contribution in [0.2, 0.25) is 0 Å². The van der Waals surface area contributed by atoms with E-state index in [-0.39, 0.29) is 17.5 Å². The van der Waals surface area contributed by atoms with Gasteiger partial charge in [0.25, 0.3) is 0 Å². The molecule has 7 heteroatoms. The van der Waals surface area contributed by atoms with E-state index in [0.717, 1.165) is 5.70 Å². The van der Waals surface area contributed by atoms with Crippen LogP contribution in [0.15, 0.2) is 58.3 Å². The molecule has 156 valence electrons. The van der Waals surface area contributed by atoms with Crippen LogP contribution in [0.4, 0.5) is 0 Å². The van der Waals surface area contributed by atoms with E-state index in [1.54, 1.807) is 29.5 Å². The van der Waals surface area contributed by atoms with Crippen LogP contribution in [0.3, 0.4) is 0 Å². The summed E-state index contributed by atoms with van der Waals surface area (Å²) in [6.07, 6.45) is 1.07. The Morgan fingerprint density at radius 2 is 2.03 bits per heavy atom. The zero-order valence-electron chi connectivity index (χ0n) is 17.0. The minimum absolute atomic E-state index is 0.00337. The van der Waals surface area contributed by atoms with Gasteiger partial charge in [0.05, 0.1) is 19.8 Å². The first-order valence-electron chi connectivity index (χ1n) is 9.67. The monoisotopic (exact) mass is 425 g/mol. The quantitative estimate of drug-likeness (QED) is 0.721. The first kappa shape index (κ1) is 20.2. The van der Waals surface area contributed by atoms with Crippen LogP contribution in [0.1, 0.15) is 42.0 Å². The number of phenols is 1. The minimum Gasteiger partial charge on any atom is -0.504 e. The average Bonchev–Trinajstić information content (AvgIpc) is 3.27. The van der Waals surface area contributed by atoms with Crippen molar-refractivity contribution in [1.82, 2.24) is 5.32 Å². The van der Waals surface area contributed by atoms with Crippen molar-refractivity contribution >= 4 is 23.1 Å². The summed E-state index contributed by atoms with van der Waals surface area (Å²) in [5.41, 5.74) is 3.07. The number of esters is 1. The van der Waals surface area contributed by atoms with Gasteiger partial charge in [-0.25, -0.2) is 4.79 Å². The van der Waals surface area contributed by atoms with E-state index in [0.29, 0.717) is 41.0 Å². The third-order valence-corrected chi connectivity index (χ3v) is 6.75. The first-order valence-corrected chi connectivity index (χ1v) is 10.5. The topological polar surface area (TPSA) is 84.9 Å². The number of ketones is 1. The van der Waals surface area contributed by atoms with Gasteiger partial charge in [-0.05, 0) is 42.5 Å². The molecule has 2 aliphatic rings. The molecule has 2 heterocycles. The number of carbonyl (C=O) groups is 2. The second kappa shape index (κ2) is 7.99. The molecule has 0 spiro atoms. The smallest absolute Gasteiger partial charge is 0.336 e. The van der Waals surface area contributed by atoms with Crippen LogP contribution in [0.25, 0.3) is 0 Å². The molecule has 0 bridgehead atoms. The van der Waals surface area contributed by atoms with Crippen LogP contribution in [0.5, 0.6) is 11.5 Å². The molecule has 0 amide bonds. The van der Waals surface area contributed by atoms with Gasteiger partial charge in [0, 0.05) is 40.1 Å². The van der Waals surface area contributed by atoms with Gasteiger partial charge in [0.2, 0.25) is 0 Å². The molecule has 4 rings (SSSR count). The molecular formula is C23H23NO5S. The molecule has 6 nitrogen and oxygen atoms in total. The Morgan fingerprint density at radius 3 is 2.67 bits per heavy atom. The highest BCUT2D eigenvalue weighted by atomic mass is 32.1. The third kappa shape index (κ3) is 3.39. The number of aromatic hydroxyl groups is 1. The fourth-order valence-electron chi connectivity index (χ4n) is 4.36. The number of hydrogen-bond donors (Lipinski definition) is 2. The Morgan fingerprint density at radius 1 is 1.23 bits per heavy atom. The molecule has 1 aromatic heterocycles. The number of Topliss-reactive ketones (excluding diaryl/α,β-unsaturated/α-hetero) is 1. The normalized spacial score (nSPS) is 21.2. The van der Waals surface area contributed by atoms with Crippen molar-refractivity contribution in [3.63, 3.8) is 0 Å². The number of rotatable bonds is 4. The van der Waals surface area contributed by atoms with Gasteiger partial charge in [0.15, 0.2) is 17.3 Å². The van der Waals surface area contributed by atoms with E-state index < -0.39 is 11.9 Å². The van der Waals surface area contributed by atoms with Crippen molar-refractivity contribution in [3.8, 4) is 11.5 Å². The van der Waals surface area contributed by atoms with Gasteiger partial charge >= 0.3 is 5.97 Å². The number of nitrogens with one attached hydrogen (secondary N) is 1. The Bertz CT molecular complexity index is 1070. The van der Waals surface area contributed by atoms with Crippen LogP contribution < -0.4 is 10.1 Å². The molecule has 30 heavy (non-hydrogen) atoms. The second-order valence-electron chi connectivity index (χ2n) is 7.46. The zero-order valence-corrected chi connectivity index (χ0v) is 17.8. The molecule has 1 aromatic carbocycles. The Kier molecular flexibility index (Phi) is 5.39. The summed E-state index contributed by atoms with van der Waals surface area (Å²) in [4.78, 5) is 27.2. The van der Waals surface area contributed by atoms with Crippen molar-refractivity contribution in [2.75, 3.05) is 14.2 Å². The number of methoxy groups -OCH3 is 2. The highest BCUT2D eigenvalue weighted by molar-refractivity contribution is 7.10. The molecule has 0 fully saturated rings. The van der Waals surface area contributed by atoms with Gasteiger partial charge in [0.1, 0.15) is 0 Å². The van der Waals surface area contributed by atoms with Gasteiger partial charge in [-0.2, -0.15) is 0 Å². The SMILES string of the molecule is COC(=O)C1=C(C)NC2=C(C(=O)C[C@H](c3cccs3)C2)[C@@H]1c1ccc(OC)c(O)c1. The van der Waals surface area contributed by atoms with Gasteiger partial charge in [-0.3, -0.25) is 4.79 Å². The minimum atomic E-state index is -0.609. The number of carbonyl (C=O) groups excluding carboxylic acids is 2. The molecule has 2 atom stereocenters. The highest BCUT2D eigenvalue weighted by Gasteiger charge is 2.41. The summed E-state index contributed by atoms with van der Waals surface area (Å²) in [5.74, 6) is -0.716. The average molecular weight is 426 g/mol. The number of benzene rings is 1. The molecule has 0 radical (unpaired) electrons. The Labute approximate surface area is 178 Å². The lowest BCUT2D eigenvalue weighted by atomic mass is 9.72. The van der Waals surface area contributed by atoms with Crippen LogP contribution in [0, 0.1) is 0 Å². The van der Waals surface area contributed by atoms with Crippen LogP contribution in [-0.4, -0.2) is 31.1 Å². The lowest BCUT2D eigenvalue weighted by Gasteiger charge is -2.36. The first-order chi connectivity index (χ1) is 14.4. The van der Waals surface area contributed by atoms with E-state index in [9.17, 15) is 14.7 Å². The summed E-state index contributed by atoms with van der Waals surface area (Å²) in [5, 5.41) is 15.6. The molecular weight excluding hydrogens is 402 g/mol. The third-order valence-electron chi connectivity index (χ3n) is 5.71. The standard InChI is InChI=1S/C23H23NO5S/c1-12-20(23(27)29-3)21(13-6-7-18(28-2)16(25)10-13)22-15(24-12)9-14(11-17(22)26)19-5-4-8-30-19/h4-8,10,14,21,24-25H,9,11H2,1-3H3/t14-,21-/m1/s1. The van der Waals surface area contributed by atoms with E-state index in [1.165, 1.54) is 19.1 Å². The van der Waals surface area contributed by atoms with E-state index in [1.807, 2.05) is 18.4 Å². The number of allylic oxidation sites excluding steroid dienone is 3. The fourth-order valence-corrected chi connectivity index (χ4v) is 5.19. The van der Waals surface area contributed by atoms with Crippen LogP contribution >= 0.6 is 11.3 Å². The van der Waals surface area contributed by atoms with E-state index in [4.69, 9.17) is 9.47 Å². The van der Waals surface area contributed by atoms with Crippen molar-refractivity contribution < 1.29 is 24.2 Å². The summed E-state index contributed by atoms with van der Waals surface area (Å²) < 4.78 is 10.2. The second-order valence-corrected chi connectivity index (χ2v) is 8.43. The Hall–Kier alpha value is -3.06. The van der Waals surface area contributed by atoms with Crippen molar-refractivity contribution in [2.24, 2.45) is 0 Å². The number of phenolic OH excluding ortho intramolecular Hbond substituents is 1. The van der Waals surface area contributed by atoms with Gasteiger partial charge in [-0.1, -0.05) is 12.1 Å². The van der Waals surface area contributed by atoms with Crippen LogP contribution in [-0.2, 0) is 14.3 Å². The summed E-state index contributed by atoms with van der Waals surface area (Å²) in [7, 11) is 2.80. The summed E-state index contributed by atoms with van der Waals surface area (Å²) in [6.45, 7) is 1.81. The largest absolute Gasteiger partial charge is 0.504 e. The molecule has 0 unspecified atom stereocenters. The number of dihydropyridines is 1. The maximum absolute atomic E-state index is 13.3. The fraction of sp³-hybridized carbons (Fsp3) is 0.304. The highest BCUT2D eigenvalue weighted by Crippen LogP contribution is 2.47. The molecule has 0 saturated heterocycles. The number of thiophene rings is 1. The molecule has 2 N–H and O–H groups in total. The molecule has 1 aliphatic carbocycles. The van der Waals surface area contributed by atoms with Gasteiger partial charge in [-0.15, -0.1) is 11.3 Å². The zero-order chi connectivity index (χ0) is 21.4. The maximum atomic E-state index is 13.3. The molecule has 1 aliphatic heterocycles. The van der Waals surface area contributed by atoms with E-state index in [2.05, 4.69) is 11.4 Å². The number of ether oxygens (including phenoxy) is 2. The number of hydrogen-bond acceptors (Lipinski definition) is 7. The van der Waals surface area contributed by atoms with Crippen molar-refractivity contribution in [3.05, 3.63) is 68.7 Å². The van der Waals surface area contributed by atoms with Crippen molar-refractivity contribution in [2.45, 2.75) is 31.6 Å². The Balaban J connectivity index is 1.84. The van der Waals surface area contributed by atoms with Gasteiger partial charge < -0.3 is 19.9 Å². The molecule has 0 saturated carbocycles. The lowest BCUT2D eigenvalue weighted by Crippen LogP contribution is -2.35. The molecule has 2 aromatic rings. The van der Waals surface area contributed by atoms with Crippen molar-refractivity contribution in [1.29, 1.82) is 0 Å². The summed E-state index contributed by atoms with van der Waals surface area (Å²) in [6, 6.07) is 9.01. The predicted molar refractivity (Wildman–Crippen MR) is 114 cm³/mol. The predicted octanol–water partition coefficient (Wildman–Crippen LogP) is 4.00. The van der Waals surface area contributed by atoms with E-state index >= 15 is 0 Å². The lowest BCUT2D eigenvalue weighted by molar-refractivity contribution is -0.136.